The third kappa shape index (κ3) is 2.33. The highest BCUT2D eigenvalue weighted by atomic mass is 16.5. The van der Waals surface area contributed by atoms with Gasteiger partial charge in [0.1, 0.15) is 0 Å². The van der Waals surface area contributed by atoms with E-state index in [-0.39, 0.29) is 0 Å². The molecule has 2 N–H and O–H groups in total. The zero-order chi connectivity index (χ0) is 12.3. The number of hydrogen-bond acceptors (Lipinski definition) is 2. The fourth-order valence-corrected chi connectivity index (χ4v) is 2.15. The molecule has 2 rings (SSSR count). The molecule has 90 valence electrons. The van der Waals surface area contributed by atoms with Crippen molar-refractivity contribution in [1.82, 2.24) is 0 Å². The molecule has 0 bridgehead atoms. The summed E-state index contributed by atoms with van der Waals surface area (Å²) >= 11 is 0. The fraction of sp³-hybridized carbons (Fsp3) is 0.333. The van der Waals surface area contributed by atoms with E-state index in [1.54, 1.807) is 7.11 Å². The summed E-state index contributed by atoms with van der Waals surface area (Å²) in [6.45, 7) is 2.63. The summed E-state index contributed by atoms with van der Waals surface area (Å²) in [6.07, 6.45) is 0.860. The van der Waals surface area contributed by atoms with Crippen LogP contribution in [-0.4, -0.2) is 13.7 Å². The van der Waals surface area contributed by atoms with Crippen molar-refractivity contribution in [1.29, 1.82) is 0 Å². The fourth-order valence-electron chi connectivity index (χ4n) is 2.15. The first-order chi connectivity index (χ1) is 8.19. The Balaban J connectivity index is 2.47. The summed E-state index contributed by atoms with van der Waals surface area (Å²) in [5, 5.41) is 2.47. The van der Waals surface area contributed by atoms with Crippen LogP contribution in [0.15, 0.2) is 42.5 Å². The lowest BCUT2D eigenvalue weighted by molar-refractivity contribution is 0.129. The third-order valence-corrected chi connectivity index (χ3v) is 3.36. The Bertz CT molecular complexity index is 509. The summed E-state index contributed by atoms with van der Waals surface area (Å²) in [6, 6.07) is 14.7. The van der Waals surface area contributed by atoms with Crippen molar-refractivity contribution in [2.24, 2.45) is 5.73 Å². The van der Waals surface area contributed by atoms with E-state index >= 15 is 0 Å². The van der Waals surface area contributed by atoms with E-state index in [1.165, 1.54) is 10.8 Å². The molecule has 0 radical (unpaired) electrons. The van der Waals surface area contributed by atoms with Crippen molar-refractivity contribution in [3.8, 4) is 0 Å². The van der Waals surface area contributed by atoms with Crippen LogP contribution in [0.2, 0.25) is 0 Å². The highest BCUT2D eigenvalue weighted by molar-refractivity contribution is 5.83. The second-order valence-electron chi connectivity index (χ2n) is 4.50. The Labute approximate surface area is 102 Å². The number of methoxy groups -OCH3 is 1. The Morgan fingerprint density at radius 1 is 1.12 bits per heavy atom. The number of nitrogens with two attached hydrogens (primary N) is 1. The van der Waals surface area contributed by atoms with Crippen LogP contribution in [-0.2, 0) is 10.3 Å². The van der Waals surface area contributed by atoms with E-state index in [9.17, 15) is 0 Å². The molecule has 0 aromatic heterocycles. The van der Waals surface area contributed by atoms with Crippen LogP contribution in [0, 0.1) is 0 Å². The zero-order valence-corrected chi connectivity index (χ0v) is 10.4. The summed E-state index contributed by atoms with van der Waals surface area (Å²) in [5.74, 6) is 0. The van der Waals surface area contributed by atoms with Crippen molar-refractivity contribution >= 4 is 10.8 Å². The Kier molecular flexibility index (Phi) is 3.46. The summed E-state index contributed by atoms with van der Waals surface area (Å²) in [5.41, 5.74) is 7.14. The maximum atomic E-state index is 6.40. The van der Waals surface area contributed by atoms with Crippen LogP contribution in [0.5, 0.6) is 0 Å². The topological polar surface area (TPSA) is 35.2 Å². The van der Waals surface area contributed by atoms with E-state index in [2.05, 4.69) is 37.3 Å². The molecule has 0 amide bonds. The molecule has 2 aromatic carbocycles. The Hall–Kier alpha value is -1.38. The van der Waals surface area contributed by atoms with Crippen molar-refractivity contribution in [2.45, 2.75) is 18.9 Å². The van der Waals surface area contributed by atoms with Gasteiger partial charge in [-0.15, -0.1) is 0 Å². The van der Waals surface area contributed by atoms with Crippen molar-refractivity contribution in [2.75, 3.05) is 13.7 Å². The van der Waals surface area contributed by atoms with Gasteiger partial charge in [0, 0.05) is 7.11 Å². The molecule has 0 aliphatic heterocycles. The maximum Gasteiger partial charge on any atom is 0.0684 e. The minimum atomic E-state index is -0.390. The molecule has 17 heavy (non-hydrogen) atoms. The first-order valence-electron chi connectivity index (χ1n) is 5.97. The normalized spacial score (nSPS) is 14.8. The quantitative estimate of drug-likeness (QED) is 0.874. The minimum absolute atomic E-state index is 0.390. The first kappa shape index (κ1) is 12.1. The zero-order valence-electron chi connectivity index (χ0n) is 10.4. The van der Waals surface area contributed by atoms with Crippen molar-refractivity contribution in [3.05, 3.63) is 48.0 Å². The van der Waals surface area contributed by atoms with E-state index in [4.69, 9.17) is 10.5 Å². The molecule has 2 nitrogen and oxygen atoms in total. The predicted molar refractivity (Wildman–Crippen MR) is 72.0 cm³/mol. The van der Waals surface area contributed by atoms with Crippen LogP contribution < -0.4 is 5.73 Å². The number of benzene rings is 2. The molecule has 1 atom stereocenters. The van der Waals surface area contributed by atoms with Gasteiger partial charge < -0.3 is 10.5 Å². The van der Waals surface area contributed by atoms with Gasteiger partial charge in [-0.05, 0) is 28.8 Å². The molecule has 2 heteroatoms. The number of hydrogen-bond donors (Lipinski definition) is 1. The van der Waals surface area contributed by atoms with E-state index in [1.807, 2.05) is 12.1 Å². The average Bonchev–Trinajstić information content (AvgIpc) is 2.38. The number of ether oxygens (including phenoxy) is 1. The number of fused-ring (bicyclic) bond motifs is 1. The average molecular weight is 229 g/mol. The van der Waals surface area contributed by atoms with Crippen molar-refractivity contribution in [3.63, 3.8) is 0 Å². The lowest BCUT2D eigenvalue weighted by atomic mass is 9.88. The van der Waals surface area contributed by atoms with Gasteiger partial charge >= 0.3 is 0 Å². The van der Waals surface area contributed by atoms with Crippen LogP contribution in [0.25, 0.3) is 10.8 Å². The van der Waals surface area contributed by atoms with Crippen LogP contribution >= 0.6 is 0 Å². The highest BCUT2D eigenvalue weighted by Crippen LogP contribution is 2.26. The van der Waals surface area contributed by atoms with E-state index in [0.29, 0.717) is 6.61 Å². The van der Waals surface area contributed by atoms with Gasteiger partial charge in [0.05, 0.1) is 12.1 Å². The molecule has 0 fully saturated rings. The molecule has 0 aliphatic rings. The Morgan fingerprint density at radius 2 is 1.82 bits per heavy atom. The molecule has 0 heterocycles. The van der Waals surface area contributed by atoms with Crippen LogP contribution in [0.4, 0.5) is 0 Å². The Morgan fingerprint density at radius 3 is 2.47 bits per heavy atom. The monoisotopic (exact) mass is 229 g/mol. The standard InChI is InChI=1S/C15H19NO/c1-3-15(16,11-17-2)14-9-8-12-6-4-5-7-13(12)10-14/h4-10H,3,11,16H2,1-2H3. The second-order valence-corrected chi connectivity index (χ2v) is 4.50. The molecule has 2 aromatic rings. The molecule has 0 saturated heterocycles. The molecule has 0 aliphatic carbocycles. The van der Waals surface area contributed by atoms with Crippen LogP contribution in [0.3, 0.4) is 0 Å². The lowest BCUT2D eigenvalue weighted by Gasteiger charge is -2.28. The molecule has 1 unspecified atom stereocenters. The maximum absolute atomic E-state index is 6.40. The van der Waals surface area contributed by atoms with Gasteiger partial charge in [-0.25, -0.2) is 0 Å². The SMILES string of the molecule is CCC(N)(COC)c1ccc2ccccc2c1. The molecular weight excluding hydrogens is 210 g/mol. The van der Waals surface area contributed by atoms with Gasteiger partial charge in [0.15, 0.2) is 0 Å². The highest BCUT2D eigenvalue weighted by Gasteiger charge is 2.25. The first-order valence-corrected chi connectivity index (χ1v) is 5.97. The molecular formula is C15H19NO. The summed E-state index contributed by atoms with van der Waals surface area (Å²) in [7, 11) is 1.69. The lowest BCUT2D eigenvalue weighted by Crippen LogP contribution is -2.40. The number of rotatable bonds is 4. The smallest absolute Gasteiger partial charge is 0.0684 e. The van der Waals surface area contributed by atoms with Crippen molar-refractivity contribution < 1.29 is 4.74 Å². The van der Waals surface area contributed by atoms with Gasteiger partial charge in [-0.2, -0.15) is 0 Å². The van der Waals surface area contributed by atoms with Gasteiger partial charge in [-0.3, -0.25) is 0 Å². The van der Waals surface area contributed by atoms with Gasteiger partial charge in [-0.1, -0.05) is 43.3 Å². The van der Waals surface area contributed by atoms with Gasteiger partial charge in [0.25, 0.3) is 0 Å². The second kappa shape index (κ2) is 4.86. The molecule has 0 spiro atoms. The van der Waals surface area contributed by atoms with Crippen LogP contribution in [0.1, 0.15) is 18.9 Å². The molecule has 0 saturated carbocycles. The van der Waals surface area contributed by atoms with E-state index in [0.717, 1.165) is 12.0 Å². The minimum Gasteiger partial charge on any atom is -0.382 e. The van der Waals surface area contributed by atoms with Gasteiger partial charge in [0.2, 0.25) is 0 Å². The summed E-state index contributed by atoms with van der Waals surface area (Å²) < 4.78 is 5.24. The van der Waals surface area contributed by atoms with E-state index < -0.39 is 5.54 Å². The predicted octanol–water partition coefficient (Wildman–Crippen LogP) is 3.05. The third-order valence-electron chi connectivity index (χ3n) is 3.36. The largest absolute Gasteiger partial charge is 0.382 e. The summed E-state index contributed by atoms with van der Waals surface area (Å²) in [4.78, 5) is 0.